The van der Waals surface area contributed by atoms with Crippen LogP contribution in [-0.4, -0.2) is 15.5 Å². The molecule has 140 valence electrons. The van der Waals surface area contributed by atoms with E-state index >= 15 is 0 Å². The van der Waals surface area contributed by atoms with E-state index in [0.29, 0.717) is 6.42 Å². The minimum atomic E-state index is -0.159. The van der Waals surface area contributed by atoms with Gasteiger partial charge in [-0.25, -0.2) is 4.98 Å². The molecule has 4 rings (SSSR count). The lowest BCUT2D eigenvalue weighted by atomic mass is 10.0. The van der Waals surface area contributed by atoms with Gasteiger partial charge in [-0.3, -0.25) is 4.79 Å². The summed E-state index contributed by atoms with van der Waals surface area (Å²) in [6.07, 6.45) is 0.351. The van der Waals surface area contributed by atoms with Crippen LogP contribution < -0.4 is 5.32 Å². The van der Waals surface area contributed by atoms with Crippen molar-refractivity contribution in [3.8, 4) is 11.1 Å². The quantitative estimate of drug-likeness (QED) is 0.556. The summed E-state index contributed by atoms with van der Waals surface area (Å²) in [6.45, 7) is 1.97. The predicted octanol–water partition coefficient (Wildman–Crippen LogP) is 4.66. The van der Waals surface area contributed by atoms with Crippen LogP contribution in [0.1, 0.15) is 24.4 Å². The van der Waals surface area contributed by atoms with Crippen molar-refractivity contribution < 1.29 is 4.79 Å². The molecule has 1 unspecified atom stereocenters. The van der Waals surface area contributed by atoms with E-state index in [-0.39, 0.29) is 11.9 Å². The topological polar surface area (TPSA) is 46.9 Å². The largest absolute Gasteiger partial charge is 0.346 e. The molecule has 1 atom stereocenters. The summed E-state index contributed by atoms with van der Waals surface area (Å²) < 4.78 is 2.04. The molecule has 0 aliphatic carbocycles. The van der Waals surface area contributed by atoms with Gasteiger partial charge in [0, 0.05) is 7.05 Å². The van der Waals surface area contributed by atoms with Crippen molar-refractivity contribution in [2.45, 2.75) is 19.4 Å². The first-order valence-corrected chi connectivity index (χ1v) is 9.47. The molecule has 0 bridgehead atoms. The first-order chi connectivity index (χ1) is 13.6. The van der Waals surface area contributed by atoms with Crippen LogP contribution in [-0.2, 0) is 18.3 Å². The van der Waals surface area contributed by atoms with Gasteiger partial charge in [0.05, 0.1) is 23.5 Å². The van der Waals surface area contributed by atoms with Crippen molar-refractivity contribution in [3.63, 3.8) is 0 Å². The Labute approximate surface area is 164 Å². The molecule has 1 amide bonds. The van der Waals surface area contributed by atoms with Crippen molar-refractivity contribution >= 4 is 16.9 Å². The highest BCUT2D eigenvalue weighted by atomic mass is 16.1. The van der Waals surface area contributed by atoms with Crippen LogP contribution in [0.4, 0.5) is 0 Å². The third-order valence-corrected chi connectivity index (χ3v) is 5.01. The van der Waals surface area contributed by atoms with E-state index in [1.54, 1.807) is 0 Å². The van der Waals surface area contributed by atoms with Crippen LogP contribution in [0.15, 0.2) is 78.9 Å². The maximum absolute atomic E-state index is 12.5. The van der Waals surface area contributed by atoms with Crippen LogP contribution in [0.5, 0.6) is 0 Å². The van der Waals surface area contributed by atoms with Crippen molar-refractivity contribution in [3.05, 3.63) is 90.3 Å². The molecule has 1 N–H and O–H groups in total. The zero-order valence-corrected chi connectivity index (χ0v) is 16.1. The number of aromatic nitrogens is 2. The van der Waals surface area contributed by atoms with Gasteiger partial charge in [-0.05, 0) is 35.7 Å². The zero-order valence-electron chi connectivity index (χ0n) is 16.1. The lowest BCUT2D eigenvalue weighted by Gasteiger charge is -2.14. The Bertz CT molecular complexity index is 1100. The van der Waals surface area contributed by atoms with Crippen molar-refractivity contribution in [1.82, 2.24) is 14.9 Å². The van der Waals surface area contributed by atoms with Gasteiger partial charge in [-0.1, -0.05) is 66.7 Å². The standard InChI is InChI=1S/C24H23N3O/c1-17(24-26-21-10-6-7-11-22(21)27(24)2)25-23(28)16-18-12-14-20(15-13-18)19-8-4-3-5-9-19/h3-15,17H,16H2,1-2H3,(H,25,28). The SMILES string of the molecule is CC(NC(=O)Cc1ccc(-c2ccccc2)cc1)c1nc2ccccc2n1C. The lowest BCUT2D eigenvalue weighted by Crippen LogP contribution is -2.29. The van der Waals surface area contributed by atoms with E-state index in [2.05, 4.69) is 34.6 Å². The van der Waals surface area contributed by atoms with Crippen LogP contribution in [0, 0.1) is 0 Å². The average Bonchev–Trinajstić information content (AvgIpc) is 3.06. The zero-order chi connectivity index (χ0) is 19.5. The van der Waals surface area contributed by atoms with E-state index in [9.17, 15) is 4.79 Å². The molecule has 4 heteroatoms. The molecule has 0 fully saturated rings. The van der Waals surface area contributed by atoms with Crippen LogP contribution >= 0.6 is 0 Å². The average molecular weight is 369 g/mol. The Hall–Kier alpha value is -3.40. The molecule has 0 radical (unpaired) electrons. The molecular formula is C24H23N3O. The highest BCUT2D eigenvalue weighted by molar-refractivity contribution is 5.80. The molecule has 1 heterocycles. The molecule has 0 spiro atoms. The van der Waals surface area contributed by atoms with Crippen LogP contribution in [0.25, 0.3) is 22.2 Å². The van der Waals surface area contributed by atoms with Crippen molar-refractivity contribution in [2.24, 2.45) is 7.05 Å². The lowest BCUT2D eigenvalue weighted by molar-refractivity contribution is -0.121. The van der Waals surface area contributed by atoms with Gasteiger partial charge in [0.25, 0.3) is 0 Å². The highest BCUT2D eigenvalue weighted by Gasteiger charge is 2.16. The maximum Gasteiger partial charge on any atom is 0.224 e. The smallest absolute Gasteiger partial charge is 0.224 e. The number of rotatable bonds is 5. The Balaban J connectivity index is 1.43. The predicted molar refractivity (Wildman–Crippen MR) is 113 cm³/mol. The number of hydrogen-bond acceptors (Lipinski definition) is 2. The molecule has 0 aliphatic rings. The number of carbonyl (C=O) groups excluding carboxylic acids is 1. The minimum Gasteiger partial charge on any atom is -0.346 e. The summed E-state index contributed by atoms with van der Waals surface area (Å²) in [5.74, 6) is 0.848. The summed E-state index contributed by atoms with van der Waals surface area (Å²) in [6, 6.07) is 26.2. The van der Waals surface area contributed by atoms with Crippen molar-refractivity contribution in [1.29, 1.82) is 0 Å². The monoisotopic (exact) mass is 369 g/mol. The van der Waals surface area contributed by atoms with E-state index in [0.717, 1.165) is 28.0 Å². The summed E-state index contributed by atoms with van der Waals surface area (Å²) in [5.41, 5.74) is 5.33. The first kappa shape index (κ1) is 18.0. The second kappa shape index (κ2) is 7.69. The molecule has 28 heavy (non-hydrogen) atoms. The molecule has 0 aliphatic heterocycles. The molecular weight excluding hydrogens is 346 g/mol. The van der Waals surface area contributed by atoms with E-state index in [1.807, 2.05) is 73.1 Å². The second-order valence-corrected chi connectivity index (χ2v) is 7.05. The number of amides is 1. The number of imidazole rings is 1. The molecule has 0 saturated carbocycles. The number of hydrogen-bond donors (Lipinski definition) is 1. The number of nitrogens with zero attached hydrogens (tertiary/aromatic N) is 2. The number of fused-ring (bicyclic) bond motifs is 1. The summed E-state index contributed by atoms with van der Waals surface area (Å²) in [7, 11) is 1.98. The van der Waals surface area contributed by atoms with E-state index in [4.69, 9.17) is 0 Å². The fourth-order valence-electron chi connectivity index (χ4n) is 3.54. The van der Waals surface area contributed by atoms with Gasteiger partial charge in [0.1, 0.15) is 5.82 Å². The maximum atomic E-state index is 12.5. The number of para-hydroxylation sites is 2. The minimum absolute atomic E-state index is 0.00739. The van der Waals surface area contributed by atoms with Gasteiger partial charge < -0.3 is 9.88 Å². The number of aryl methyl sites for hydroxylation is 1. The Morgan fingerprint density at radius 2 is 1.57 bits per heavy atom. The van der Waals surface area contributed by atoms with Gasteiger partial charge in [0.15, 0.2) is 0 Å². The Morgan fingerprint density at radius 3 is 2.29 bits per heavy atom. The van der Waals surface area contributed by atoms with Gasteiger partial charge >= 0.3 is 0 Å². The number of benzene rings is 3. The Morgan fingerprint density at radius 1 is 0.929 bits per heavy atom. The fourth-order valence-corrected chi connectivity index (χ4v) is 3.54. The Kier molecular flexibility index (Phi) is 4.94. The molecule has 1 aromatic heterocycles. The number of carbonyl (C=O) groups is 1. The molecule has 3 aromatic carbocycles. The van der Waals surface area contributed by atoms with E-state index < -0.39 is 0 Å². The normalized spacial score (nSPS) is 12.1. The van der Waals surface area contributed by atoms with E-state index in [1.165, 1.54) is 5.56 Å². The number of nitrogens with one attached hydrogen (secondary N) is 1. The van der Waals surface area contributed by atoms with Gasteiger partial charge in [-0.15, -0.1) is 0 Å². The molecule has 4 aromatic rings. The van der Waals surface area contributed by atoms with Crippen molar-refractivity contribution in [2.75, 3.05) is 0 Å². The van der Waals surface area contributed by atoms with Crippen LogP contribution in [0.2, 0.25) is 0 Å². The van der Waals surface area contributed by atoms with Gasteiger partial charge in [0.2, 0.25) is 5.91 Å². The summed E-state index contributed by atoms with van der Waals surface area (Å²) in [4.78, 5) is 17.2. The summed E-state index contributed by atoms with van der Waals surface area (Å²) in [5, 5.41) is 3.07. The molecule has 0 saturated heterocycles. The van der Waals surface area contributed by atoms with Gasteiger partial charge in [-0.2, -0.15) is 0 Å². The highest BCUT2D eigenvalue weighted by Crippen LogP contribution is 2.21. The first-order valence-electron chi connectivity index (χ1n) is 9.47. The second-order valence-electron chi connectivity index (χ2n) is 7.05. The molecule has 4 nitrogen and oxygen atoms in total. The fraction of sp³-hybridized carbons (Fsp3) is 0.167. The third-order valence-electron chi connectivity index (χ3n) is 5.01. The van der Waals surface area contributed by atoms with Crippen LogP contribution in [0.3, 0.4) is 0 Å². The summed E-state index contributed by atoms with van der Waals surface area (Å²) >= 11 is 0. The third kappa shape index (κ3) is 3.67.